The molecule has 0 amide bonds. The van der Waals surface area contributed by atoms with Gasteiger partial charge >= 0.3 is 0 Å². The minimum atomic E-state index is 0. The Morgan fingerprint density at radius 1 is 1.62 bits per heavy atom. The standard InChI is InChI=1S/C3H4N2.C3H8.H2/c1-2-4-5-3-1;1-3-2;/h1-3H,(H,4,5);3H2,1-2H3;1H. The molecule has 0 spiro atoms. The van der Waals surface area contributed by atoms with Gasteiger partial charge in [0.2, 0.25) is 0 Å². The average molecular weight is 114 g/mol. The van der Waals surface area contributed by atoms with Crippen molar-refractivity contribution >= 4 is 0 Å². The minimum absolute atomic E-state index is 0. The lowest BCUT2D eigenvalue weighted by atomic mass is 10.6. The third kappa shape index (κ3) is 5.21. The molecule has 1 aromatic rings. The topological polar surface area (TPSA) is 28.7 Å². The summed E-state index contributed by atoms with van der Waals surface area (Å²) in [6.07, 6.45) is 4.71. The highest BCUT2D eigenvalue weighted by Crippen LogP contribution is 1.64. The summed E-state index contributed by atoms with van der Waals surface area (Å²) in [6.45, 7) is 4.25. The Bertz CT molecular complexity index is 78.0. The second-order valence-electron chi connectivity index (χ2n) is 1.47. The van der Waals surface area contributed by atoms with Crippen molar-refractivity contribution < 1.29 is 1.43 Å². The van der Waals surface area contributed by atoms with Crippen molar-refractivity contribution in [3.8, 4) is 0 Å². The van der Waals surface area contributed by atoms with E-state index < -0.39 is 0 Å². The fourth-order valence-electron chi connectivity index (χ4n) is 0.215. The highest BCUT2D eigenvalue weighted by atomic mass is 15.1. The summed E-state index contributed by atoms with van der Waals surface area (Å²) in [7, 11) is 0. The van der Waals surface area contributed by atoms with E-state index in [0.29, 0.717) is 0 Å². The number of hydrogen-bond donors (Lipinski definition) is 1. The molecule has 0 bridgehead atoms. The van der Waals surface area contributed by atoms with E-state index in [9.17, 15) is 0 Å². The Hall–Kier alpha value is -0.790. The highest BCUT2D eigenvalue weighted by Gasteiger charge is 1.56. The van der Waals surface area contributed by atoms with Crippen LogP contribution in [-0.4, -0.2) is 10.2 Å². The molecule has 8 heavy (non-hydrogen) atoms. The van der Waals surface area contributed by atoms with Crippen LogP contribution in [-0.2, 0) is 0 Å². The van der Waals surface area contributed by atoms with Gasteiger partial charge < -0.3 is 0 Å². The van der Waals surface area contributed by atoms with Crippen molar-refractivity contribution in [2.45, 2.75) is 20.3 Å². The van der Waals surface area contributed by atoms with E-state index in [0.717, 1.165) is 0 Å². The molecule has 0 aromatic carbocycles. The van der Waals surface area contributed by atoms with Gasteiger partial charge in [0.15, 0.2) is 0 Å². The molecule has 0 unspecified atom stereocenters. The zero-order valence-electron chi connectivity index (χ0n) is 5.39. The molecule has 0 aliphatic carbocycles. The van der Waals surface area contributed by atoms with E-state index in [1.165, 1.54) is 6.42 Å². The molecule has 1 rings (SSSR count). The van der Waals surface area contributed by atoms with Crippen LogP contribution in [0.4, 0.5) is 0 Å². The first-order valence-corrected chi connectivity index (χ1v) is 2.85. The van der Waals surface area contributed by atoms with E-state index in [4.69, 9.17) is 0 Å². The first-order valence-electron chi connectivity index (χ1n) is 2.85. The highest BCUT2D eigenvalue weighted by molar-refractivity contribution is 4.72. The van der Waals surface area contributed by atoms with E-state index in [1.54, 1.807) is 12.4 Å². The van der Waals surface area contributed by atoms with E-state index in [1.807, 2.05) is 6.07 Å². The van der Waals surface area contributed by atoms with Crippen molar-refractivity contribution in [2.24, 2.45) is 0 Å². The molecule has 0 aliphatic heterocycles. The molecule has 0 radical (unpaired) electrons. The second-order valence-corrected chi connectivity index (χ2v) is 1.47. The summed E-state index contributed by atoms with van der Waals surface area (Å²) in [5, 5.41) is 6.21. The van der Waals surface area contributed by atoms with Crippen molar-refractivity contribution in [2.75, 3.05) is 0 Å². The maximum Gasteiger partial charge on any atom is 0.0487 e. The van der Waals surface area contributed by atoms with E-state index in [-0.39, 0.29) is 1.43 Å². The largest absolute Gasteiger partial charge is 0.286 e. The van der Waals surface area contributed by atoms with Crippen LogP contribution in [0.25, 0.3) is 0 Å². The van der Waals surface area contributed by atoms with Gasteiger partial charge in [-0.2, -0.15) is 5.10 Å². The molecular weight excluding hydrogens is 100 g/mol. The van der Waals surface area contributed by atoms with Gasteiger partial charge in [0.05, 0.1) is 0 Å². The number of aromatic nitrogens is 2. The first-order chi connectivity index (χ1) is 3.91. The Labute approximate surface area is 51.4 Å². The lowest BCUT2D eigenvalue weighted by Crippen LogP contribution is -1.53. The molecule has 0 saturated heterocycles. The Morgan fingerprint density at radius 2 is 2.25 bits per heavy atom. The maximum absolute atomic E-state index is 3.60. The molecule has 2 nitrogen and oxygen atoms in total. The summed E-state index contributed by atoms with van der Waals surface area (Å²) in [5.41, 5.74) is 0. The monoisotopic (exact) mass is 114 g/mol. The van der Waals surface area contributed by atoms with Gasteiger partial charge in [-0.25, -0.2) is 0 Å². The second kappa shape index (κ2) is 6.21. The smallest absolute Gasteiger partial charge is 0.0487 e. The predicted octanol–water partition coefficient (Wildman–Crippen LogP) is 2.07. The van der Waals surface area contributed by atoms with Gasteiger partial charge in [0, 0.05) is 13.8 Å². The number of nitrogens with one attached hydrogen (secondary N) is 1. The molecule has 0 atom stereocenters. The van der Waals surface area contributed by atoms with Crippen molar-refractivity contribution in [3.05, 3.63) is 18.5 Å². The minimum Gasteiger partial charge on any atom is -0.286 e. The predicted molar refractivity (Wildman–Crippen MR) is 36.7 cm³/mol. The van der Waals surface area contributed by atoms with Crippen molar-refractivity contribution in [1.29, 1.82) is 0 Å². The molecule has 48 valence electrons. The van der Waals surface area contributed by atoms with E-state index >= 15 is 0 Å². The Balaban J connectivity index is 0. The van der Waals surface area contributed by atoms with Crippen LogP contribution in [0.5, 0.6) is 0 Å². The van der Waals surface area contributed by atoms with Gasteiger partial charge in [0.25, 0.3) is 0 Å². The van der Waals surface area contributed by atoms with Gasteiger partial charge in [0.1, 0.15) is 0 Å². The number of hydrogen-bond acceptors (Lipinski definition) is 1. The lowest BCUT2D eigenvalue weighted by molar-refractivity contribution is 1.09. The molecule has 1 N–H and O–H groups in total. The Kier molecular flexibility index (Phi) is 5.60. The van der Waals surface area contributed by atoms with Crippen molar-refractivity contribution in [3.63, 3.8) is 0 Å². The number of H-pyrrole nitrogens is 1. The maximum atomic E-state index is 3.60. The number of nitrogens with zero attached hydrogens (tertiary/aromatic N) is 1. The van der Waals surface area contributed by atoms with Crippen LogP contribution in [0.1, 0.15) is 21.7 Å². The fraction of sp³-hybridized carbons (Fsp3) is 0.500. The molecule has 2 heteroatoms. The zero-order valence-corrected chi connectivity index (χ0v) is 5.39. The van der Waals surface area contributed by atoms with Gasteiger partial charge in [-0.1, -0.05) is 20.3 Å². The third-order valence-corrected chi connectivity index (χ3v) is 0.406. The summed E-state index contributed by atoms with van der Waals surface area (Å²) in [5.74, 6) is 0. The van der Waals surface area contributed by atoms with Gasteiger partial charge in [-0.3, -0.25) is 5.10 Å². The van der Waals surface area contributed by atoms with Crippen molar-refractivity contribution in [1.82, 2.24) is 10.2 Å². The first kappa shape index (κ1) is 7.21. The fourth-order valence-corrected chi connectivity index (χ4v) is 0.215. The lowest BCUT2D eigenvalue weighted by Gasteiger charge is -1.49. The summed E-state index contributed by atoms with van der Waals surface area (Å²) >= 11 is 0. The van der Waals surface area contributed by atoms with Crippen LogP contribution >= 0.6 is 0 Å². The normalized spacial score (nSPS) is 7.25. The summed E-state index contributed by atoms with van der Waals surface area (Å²) in [4.78, 5) is 0. The molecular formula is C6H14N2. The quantitative estimate of drug-likeness (QED) is 0.549. The van der Waals surface area contributed by atoms with Crippen LogP contribution in [0.3, 0.4) is 0 Å². The van der Waals surface area contributed by atoms with Crippen LogP contribution in [0.2, 0.25) is 0 Å². The Morgan fingerprint density at radius 3 is 2.38 bits per heavy atom. The van der Waals surface area contributed by atoms with Crippen LogP contribution < -0.4 is 0 Å². The van der Waals surface area contributed by atoms with Crippen LogP contribution in [0.15, 0.2) is 18.5 Å². The van der Waals surface area contributed by atoms with E-state index in [2.05, 4.69) is 24.0 Å². The molecule has 0 fully saturated rings. The zero-order chi connectivity index (χ0) is 6.24. The third-order valence-electron chi connectivity index (χ3n) is 0.406. The van der Waals surface area contributed by atoms with Gasteiger partial charge in [-0.05, 0) is 6.07 Å². The summed E-state index contributed by atoms with van der Waals surface area (Å²) in [6, 6.07) is 1.83. The SMILES string of the molecule is CCC.[HH].c1cn[nH]c1. The molecule has 0 saturated carbocycles. The van der Waals surface area contributed by atoms with Gasteiger partial charge in [-0.15, -0.1) is 0 Å². The number of rotatable bonds is 0. The number of aromatic amines is 1. The average Bonchev–Trinajstić information content (AvgIpc) is 2.17. The van der Waals surface area contributed by atoms with Crippen LogP contribution in [0, 0.1) is 0 Å². The summed E-state index contributed by atoms with van der Waals surface area (Å²) < 4.78 is 0. The molecule has 1 heterocycles. The molecule has 1 aromatic heterocycles. The molecule has 0 aliphatic rings.